The molecule has 0 spiro atoms. The summed E-state index contributed by atoms with van der Waals surface area (Å²) in [6, 6.07) is -0.832. The first kappa shape index (κ1) is 61.6. The lowest BCUT2D eigenvalue weighted by molar-refractivity contribution is -0.124. The quantitative estimate of drug-likeness (QED) is 0.0362. The molecule has 0 aliphatic rings. The minimum Gasteiger partial charge on any atom is -0.394 e. The van der Waals surface area contributed by atoms with Gasteiger partial charge in [0.15, 0.2) is 0 Å². The summed E-state index contributed by atoms with van der Waals surface area (Å²) in [6.45, 7) is 4.19. The standard InChI is InChI=1S/C58H111NO4/c1-3-5-7-9-11-13-15-17-19-21-23-24-25-26-27-28-29-30-31-32-33-34-35-37-39-41-43-45-47-49-51-53-57(62)59-55(54-60)58(63)56(61)52-50-48-46-44-42-40-38-36-22-20-18-16-14-12-10-8-6-4-2/h26-27,36,38,44,46,55-56,58,60-61,63H,3-25,28-35,37,39-43,45,47-54H2,1-2H3,(H,59,62)/b27-26-,38-36+,46-44+. The smallest absolute Gasteiger partial charge is 0.220 e. The number of aliphatic hydroxyl groups is 3. The van der Waals surface area contributed by atoms with Crippen LogP contribution in [0.1, 0.15) is 303 Å². The van der Waals surface area contributed by atoms with Gasteiger partial charge in [0, 0.05) is 6.42 Å². The Labute approximate surface area is 394 Å². The number of hydrogen-bond acceptors (Lipinski definition) is 4. The lowest BCUT2D eigenvalue weighted by Gasteiger charge is -2.26. The summed E-state index contributed by atoms with van der Waals surface area (Å²) in [5, 5.41) is 33.7. The highest BCUT2D eigenvalue weighted by molar-refractivity contribution is 5.76. The van der Waals surface area contributed by atoms with Crippen molar-refractivity contribution >= 4 is 5.91 Å². The number of carbonyl (C=O) groups is 1. The van der Waals surface area contributed by atoms with Crippen LogP contribution < -0.4 is 5.32 Å². The molecule has 3 unspecified atom stereocenters. The average molecular weight is 887 g/mol. The zero-order chi connectivity index (χ0) is 45.8. The molecule has 1 amide bonds. The second-order valence-electron chi connectivity index (χ2n) is 19.5. The summed E-state index contributed by atoms with van der Waals surface area (Å²) >= 11 is 0. The maximum absolute atomic E-state index is 12.5. The molecule has 0 fully saturated rings. The van der Waals surface area contributed by atoms with Gasteiger partial charge in [-0.1, -0.05) is 256 Å². The minimum absolute atomic E-state index is 0.155. The molecule has 0 aliphatic heterocycles. The lowest BCUT2D eigenvalue weighted by atomic mass is 10.0. The molecule has 0 rings (SSSR count). The summed E-state index contributed by atoms with van der Waals surface area (Å²) in [7, 11) is 0. The van der Waals surface area contributed by atoms with Crippen LogP contribution in [0.5, 0.6) is 0 Å². The van der Waals surface area contributed by atoms with Crippen LogP contribution in [0.25, 0.3) is 0 Å². The Morgan fingerprint density at radius 1 is 0.381 bits per heavy atom. The van der Waals surface area contributed by atoms with Gasteiger partial charge >= 0.3 is 0 Å². The number of hydrogen-bond donors (Lipinski definition) is 4. The number of amides is 1. The predicted molar refractivity (Wildman–Crippen MR) is 278 cm³/mol. The van der Waals surface area contributed by atoms with E-state index in [2.05, 4.69) is 55.6 Å². The number of nitrogens with one attached hydrogen (secondary N) is 1. The van der Waals surface area contributed by atoms with Crippen LogP contribution in [0.4, 0.5) is 0 Å². The Kier molecular flexibility index (Phi) is 52.0. The van der Waals surface area contributed by atoms with E-state index in [0.717, 1.165) is 44.9 Å². The molecule has 0 aliphatic carbocycles. The van der Waals surface area contributed by atoms with Crippen molar-refractivity contribution in [3.8, 4) is 0 Å². The van der Waals surface area contributed by atoms with Crippen LogP contribution >= 0.6 is 0 Å². The fourth-order valence-corrected chi connectivity index (χ4v) is 8.82. The van der Waals surface area contributed by atoms with Gasteiger partial charge in [-0.05, 0) is 77.0 Å². The third-order valence-electron chi connectivity index (χ3n) is 13.2. The normalized spacial score (nSPS) is 13.5. The van der Waals surface area contributed by atoms with E-state index in [1.807, 2.05) is 0 Å². The van der Waals surface area contributed by atoms with E-state index in [4.69, 9.17) is 0 Å². The van der Waals surface area contributed by atoms with Gasteiger partial charge in [0.05, 0.1) is 18.8 Å². The van der Waals surface area contributed by atoms with Crippen molar-refractivity contribution in [3.05, 3.63) is 36.5 Å². The SMILES string of the molecule is CCCCCCCCCCC/C=C/CC/C=C/CCCC(O)C(O)C(CO)NC(=O)CCCCCCCCCCCCCCCCC/C=C\CCCCCCCCCCCCCC. The molecule has 0 radical (unpaired) electrons. The van der Waals surface area contributed by atoms with E-state index in [1.54, 1.807) is 0 Å². The van der Waals surface area contributed by atoms with Crippen molar-refractivity contribution in [2.45, 2.75) is 321 Å². The van der Waals surface area contributed by atoms with Gasteiger partial charge in [-0.2, -0.15) is 0 Å². The number of unbranched alkanes of at least 4 members (excludes halogenated alkanes) is 38. The molecule has 372 valence electrons. The summed E-state index contributed by atoms with van der Waals surface area (Å²) in [5.74, 6) is -0.155. The van der Waals surface area contributed by atoms with Crippen molar-refractivity contribution in [3.63, 3.8) is 0 Å². The first-order chi connectivity index (χ1) is 31.1. The number of rotatable bonds is 52. The lowest BCUT2D eigenvalue weighted by Crippen LogP contribution is -2.50. The molecular weight excluding hydrogens is 775 g/mol. The van der Waals surface area contributed by atoms with Gasteiger partial charge < -0.3 is 20.6 Å². The Morgan fingerprint density at radius 2 is 0.651 bits per heavy atom. The van der Waals surface area contributed by atoms with Crippen LogP contribution in [0.15, 0.2) is 36.5 Å². The Morgan fingerprint density at radius 3 is 0.968 bits per heavy atom. The van der Waals surface area contributed by atoms with Crippen molar-refractivity contribution < 1.29 is 20.1 Å². The summed E-state index contributed by atoms with van der Waals surface area (Å²) in [6.07, 6.45) is 68.8. The molecule has 0 aromatic rings. The highest BCUT2D eigenvalue weighted by Gasteiger charge is 2.26. The fourth-order valence-electron chi connectivity index (χ4n) is 8.82. The molecule has 5 nitrogen and oxygen atoms in total. The largest absolute Gasteiger partial charge is 0.394 e. The van der Waals surface area contributed by atoms with Crippen LogP contribution in [0, 0.1) is 0 Å². The third-order valence-corrected chi connectivity index (χ3v) is 13.2. The molecule has 0 aromatic heterocycles. The molecule has 0 saturated carbocycles. The first-order valence-corrected chi connectivity index (χ1v) is 28.3. The number of allylic oxidation sites excluding steroid dienone is 6. The number of carbonyl (C=O) groups excluding carboxylic acids is 1. The van der Waals surface area contributed by atoms with Gasteiger partial charge in [-0.25, -0.2) is 0 Å². The molecule has 63 heavy (non-hydrogen) atoms. The zero-order valence-electron chi connectivity index (χ0n) is 42.5. The number of aliphatic hydroxyl groups excluding tert-OH is 3. The first-order valence-electron chi connectivity index (χ1n) is 28.3. The molecule has 0 saturated heterocycles. The van der Waals surface area contributed by atoms with E-state index in [9.17, 15) is 20.1 Å². The van der Waals surface area contributed by atoms with Gasteiger partial charge in [-0.15, -0.1) is 0 Å². The van der Waals surface area contributed by atoms with E-state index in [1.165, 1.54) is 231 Å². The predicted octanol–water partition coefficient (Wildman–Crippen LogP) is 17.4. The maximum atomic E-state index is 12.5. The molecular formula is C58H111NO4. The van der Waals surface area contributed by atoms with Crippen molar-refractivity contribution in [1.29, 1.82) is 0 Å². The van der Waals surface area contributed by atoms with Gasteiger partial charge in [0.1, 0.15) is 6.10 Å². The average Bonchev–Trinajstić information content (AvgIpc) is 3.29. The van der Waals surface area contributed by atoms with Crippen LogP contribution in [-0.4, -0.2) is 46.1 Å². The third kappa shape index (κ3) is 48.3. The second kappa shape index (κ2) is 53.2. The second-order valence-corrected chi connectivity index (χ2v) is 19.5. The molecule has 0 aromatic carbocycles. The fraction of sp³-hybridized carbons (Fsp3) is 0.879. The monoisotopic (exact) mass is 886 g/mol. The van der Waals surface area contributed by atoms with Crippen molar-refractivity contribution in [2.24, 2.45) is 0 Å². The molecule has 5 heteroatoms. The molecule has 0 heterocycles. The van der Waals surface area contributed by atoms with Crippen LogP contribution in [0.2, 0.25) is 0 Å². The van der Waals surface area contributed by atoms with Gasteiger partial charge in [0.2, 0.25) is 5.91 Å². The summed E-state index contributed by atoms with van der Waals surface area (Å²) in [4.78, 5) is 12.5. The Balaban J connectivity index is 3.54. The Hall–Kier alpha value is -1.43. The van der Waals surface area contributed by atoms with E-state index >= 15 is 0 Å². The molecule has 0 bridgehead atoms. The highest BCUT2D eigenvalue weighted by atomic mass is 16.3. The van der Waals surface area contributed by atoms with Gasteiger partial charge in [0.25, 0.3) is 0 Å². The topological polar surface area (TPSA) is 89.8 Å². The Bertz CT molecular complexity index is 978. The zero-order valence-corrected chi connectivity index (χ0v) is 42.5. The van der Waals surface area contributed by atoms with E-state index in [0.29, 0.717) is 12.8 Å². The minimum atomic E-state index is -1.17. The molecule has 3 atom stereocenters. The van der Waals surface area contributed by atoms with E-state index < -0.39 is 18.2 Å². The maximum Gasteiger partial charge on any atom is 0.220 e. The summed E-state index contributed by atoms with van der Waals surface area (Å²) < 4.78 is 0. The molecule has 4 N–H and O–H groups in total. The van der Waals surface area contributed by atoms with Crippen LogP contribution in [0.3, 0.4) is 0 Å². The summed E-state index contributed by atoms with van der Waals surface area (Å²) in [5.41, 5.74) is 0. The van der Waals surface area contributed by atoms with Crippen molar-refractivity contribution in [2.75, 3.05) is 6.61 Å². The van der Waals surface area contributed by atoms with E-state index in [-0.39, 0.29) is 12.5 Å². The van der Waals surface area contributed by atoms with Gasteiger partial charge in [-0.3, -0.25) is 4.79 Å². The van der Waals surface area contributed by atoms with Crippen LogP contribution in [-0.2, 0) is 4.79 Å². The highest BCUT2D eigenvalue weighted by Crippen LogP contribution is 2.17. The van der Waals surface area contributed by atoms with Crippen molar-refractivity contribution in [1.82, 2.24) is 5.32 Å².